The summed E-state index contributed by atoms with van der Waals surface area (Å²) in [6.07, 6.45) is 0. The Bertz CT molecular complexity index is 526. The van der Waals surface area contributed by atoms with Crippen molar-refractivity contribution in [3.05, 3.63) is 29.8 Å². The van der Waals surface area contributed by atoms with Gasteiger partial charge in [-0.1, -0.05) is 46.8 Å². The fraction of sp³-hybridized carbons (Fsp3) is 0.625. The van der Waals surface area contributed by atoms with Gasteiger partial charge in [-0.2, -0.15) is 0 Å². The minimum absolute atomic E-state index is 0.0263. The highest BCUT2D eigenvalue weighted by atomic mass is 32.2. The molecule has 0 radical (unpaired) electrons. The van der Waals surface area contributed by atoms with Crippen LogP contribution in [0.4, 0.5) is 0 Å². The van der Waals surface area contributed by atoms with Gasteiger partial charge in [0, 0.05) is 13.1 Å². The fourth-order valence-corrected chi connectivity index (χ4v) is 3.12. The van der Waals surface area contributed by atoms with E-state index in [1.807, 2.05) is 12.1 Å². The summed E-state index contributed by atoms with van der Waals surface area (Å²) < 4.78 is 27.1. The second-order valence-corrected chi connectivity index (χ2v) is 7.97. The maximum Gasteiger partial charge on any atom is 0.240 e. The van der Waals surface area contributed by atoms with Crippen molar-refractivity contribution in [1.29, 1.82) is 0 Å². The quantitative estimate of drug-likeness (QED) is 0.842. The minimum Gasteiger partial charge on any atom is -0.303 e. The number of likely N-dealkylation sites (N-methyl/N-ethyl adjacent to an activating group) is 1. The Morgan fingerprint density at radius 1 is 1.05 bits per heavy atom. The Morgan fingerprint density at radius 2 is 1.57 bits per heavy atom. The fourth-order valence-electron chi connectivity index (χ4n) is 2.10. The number of benzene rings is 1. The van der Waals surface area contributed by atoms with E-state index in [1.54, 1.807) is 12.1 Å². The number of rotatable bonds is 7. The first-order valence-corrected chi connectivity index (χ1v) is 9.01. The summed E-state index contributed by atoms with van der Waals surface area (Å²) in [7, 11) is -3.41. The van der Waals surface area contributed by atoms with Crippen LogP contribution in [-0.2, 0) is 15.4 Å². The van der Waals surface area contributed by atoms with Crippen molar-refractivity contribution in [3.8, 4) is 0 Å². The average Bonchev–Trinajstić information content (AvgIpc) is 2.43. The third kappa shape index (κ3) is 5.41. The molecule has 0 heterocycles. The molecule has 0 saturated heterocycles. The average molecular weight is 312 g/mol. The maximum atomic E-state index is 12.2. The third-order valence-corrected chi connectivity index (χ3v) is 5.12. The molecule has 0 saturated carbocycles. The number of hydrogen-bond acceptors (Lipinski definition) is 3. The van der Waals surface area contributed by atoms with Gasteiger partial charge >= 0.3 is 0 Å². The zero-order valence-electron chi connectivity index (χ0n) is 13.8. The van der Waals surface area contributed by atoms with E-state index in [-0.39, 0.29) is 5.41 Å². The van der Waals surface area contributed by atoms with Crippen LogP contribution in [0, 0.1) is 0 Å². The van der Waals surface area contributed by atoms with E-state index in [4.69, 9.17) is 0 Å². The molecule has 1 N–H and O–H groups in total. The van der Waals surface area contributed by atoms with Crippen molar-refractivity contribution in [2.24, 2.45) is 0 Å². The molecule has 0 aliphatic rings. The first kappa shape index (κ1) is 18.1. The molecule has 0 fully saturated rings. The van der Waals surface area contributed by atoms with Crippen molar-refractivity contribution in [3.63, 3.8) is 0 Å². The number of nitrogens with one attached hydrogen (secondary N) is 1. The second kappa shape index (κ2) is 7.38. The number of hydrogen-bond donors (Lipinski definition) is 1. The number of sulfonamides is 1. The molecule has 120 valence electrons. The molecule has 4 nitrogen and oxygen atoms in total. The topological polar surface area (TPSA) is 49.4 Å². The van der Waals surface area contributed by atoms with Crippen LogP contribution < -0.4 is 4.72 Å². The SMILES string of the molecule is CCN(CC)CCNS(=O)(=O)c1ccc(C(C)(C)C)cc1. The van der Waals surface area contributed by atoms with Gasteiger partial charge in [0.25, 0.3) is 0 Å². The zero-order valence-corrected chi connectivity index (χ0v) is 14.6. The summed E-state index contributed by atoms with van der Waals surface area (Å²) in [5, 5.41) is 0. The van der Waals surface area contributed by atoms with E-state index in [1.165, 1.54) is 0 Å². The van der Waals surface area contributed by atoms with Crippen LogP contribution in [0.5, 0.6) is 0 Å². The molecule has 1 aromatic carbocycles. The van der Waals surface area contributed by atoms with Crippen molar-refractivity contribution >= 4 is 10.0 Å². The normalized spacial score (nSPS) is 12.9. The maximum absolute atomic E-state index is 12.2. The van der Waals surface area contributed by atoms with Gasteiger partial charge < -0.3 is 4.90 Å². The molecule has 5 heteroatoms. The predicted octanol–water partition coefficient (Wildman–Crippen LogP) is 2.60. The van der Waals surface area contributed by atoms with Crippen molar-refractivity contribution in [2.45, 2.75) is 44.9 Å². The first-order chi connectivity index (χ1) is 9.70. The molecule has 0 unspecified atom stereocenters. The lowest BCUT2D eigenvalue weighted by molar-refractivity contribution is 0.309. The molecule has 0 aliphatic carbocycles. The molecule has 0 aliphatic heterocycles. The van der Waals surface area contributed by atoms with E-state index in [2.05, 4.69) is 44.2 Å². The Hall–Kier alpha value is -0.910. The van der Waals surface area contributed by atoms with Gasteiger partial charge in [-0.05, 0) is 36.2 Å². The Morgan fingerprint density at radius 3 is 2.00 bits per heavy atom. The van der Waals surface area contributed by atoms with Gasteiger partial charge in [-0.25, -0.2) is 13.1 Å². The van der Waals surface area contributed by atoms with Gasteiger partial charge in [0.2, 0.25) is 10.0 Å². The first-order valence-electron chi connectivity index (χ1n) is 7.53. The van der Waals surface area contributed by atoms with Gasteiger partial charge in [0.15, 0.2) is 0 Å². The molecule has 0 amide bonds. The van der Waals surface area contributed by atoms with Crippen molar-refractivity contribution in [2.75, 3.05) is 26.2 Å². The Kier molecular flexibility index (Phi) is 6.38. The standard InChI is InChI=1S/C16H28N2O2S/c1-6-18(7-2)13-12-17-21(19,20)15-10-8-14(9-11-15)16(3,4)5/h8-11,17H,6-7,12-13H2,1-5H3. The highest BCUT2D eigenvalue weighted by Gasteiger charge is 2.17. The molecule has 1 aromatic rings. The van der Waals surface area contributed by atoms with E-state index < -0.39 is 10.0 Å². The highest BCUT2D eigenvalue weighted by Crippen LogP contribution is 2.23. The predicted molar refractivity (Wildman–Crippen MR) is 88.1 cm³/mol. The van der Waals surface area contributed by atoms with Crippen LogP contribution in [0.25, 0.3) is 0 Å². The van der Waals surface area contributed by atoms with Crippen LogP contribution in [0.3, 0.4) is 0 Å². The smallest absolute Gasteiger partial charge is 0.240 e. The Labute approximate surface area is 129 Å². The summed E-state index contributed by atoms with van der Waals surface area (Å²) in [5.74, 6) is 0. The number of nitrogens with zero attached hydrogens (tertiary/aromatic N) is 1. The lowest BCUT2D eigenvalue weighted by Crippen LogP contribution is -2.34. The van der Waals surface area contributed by atoms with E-state index in [0.717, 1.165) is 25.2 Å². The van der Waals surface area contributed by atoms with Crippen LogP contribution >= 0.6 is 0 Å². The molecule has 0 aromatic heterocycles. The summed E-state index contributed by atoms with van der Waals surface area (Å²) >= 11 is 0. The molecular weight excluding hydrogens is 284 g/mol. The summed E-state index contributed by atoms with van der Waals surface area (Å²) in [4.78, 5) is 2.51. The van der Waals surface area contributed by atoms with Crippen molar-refractivity contribution in [1.82, 2.24) is 9.62 Å². The largest absolute Gasteiger partial charge is 0.303 e. The summed E-state index contributed by atoms with van der Waals surface area (Å²) in [5.41, 5.74) is 1.16. The molecule has 0 atom stereocenters. The van der Waals surface area contributed by atoms with Gasteiger partial charge in [-0.3, -0.25) is 0 Å². The summed E-state index contributed by atoms with van der Waals surface area (Å²) in [6, 6.07) is 7.14. The van der Waals surface area contributed by atoms with Crippen molar-refractivity contribution < 1.29 is 8.42 Å². The van der Waals surface area contributed by atoms with E-state index >= 15 is 0 Å². The minimum atomic E-state index is -3.41. The second-order valence-electron chi connectivity index (χ2n) is 6.20. The molecule has 0 bridgehead atoms. The van der Waals surface area contributed by atoms with Gasteiger partial charge in [0.05, 0.1) is 4.90 Å². The van der Waals surface area contributed by atoms with Gasteiger partial charge in [0.1, 0.15) is 0 Å². The van der Waals surface area contributed by atoms with Gasteiger partial charge in [-0.15, -0.1) is 0 Å². The third-order valence-electron chi connectivity index (χ3n) is 3.65. The lowest BCUT2D eigenvalue weighted by Gasteiger charge is -2.20. The lowest BCUT2D eigenvalue weighted by atomic mass is 9.87. The molecule has 21 heavy (non-hydrogen) atoms. The van der Waals surface area contributed by atoms with Crippen LogP contribution in [0.15, 0.2) is 29.2 Å². The Balaban J connectivity index is 2.71. The zero-order chi connectivity index (χ0) is 16.1. The molecular formula is C16H28N2O2S. The van der Waals surface area contributed by atoms with Crippen LogP contribution in [-0.4, -0.2) is 39.5 Å². The van der Waals surface area contributed by atoms with Crippen LogP contribution in [0.1, 0.15) is 40.2 Å². The van der Waals surface area contributed by atoms with Crippen LogP contribution in [0.2, 0.25) is 0 Å². The summed E-state index contributed by atoms with van der Waals surface area (Å²) in [6.45, 7) is 13.5. The monoisotopic (exact) mass is 312 g/mol. The molecule has 1 rings (SSSR count). The van der Waals surface area contributed by atoms with E-state index in [9.17, 15) is 8.42 Å². The highest BCUT2D eigenvalue weighted by molar-refractivity contribution is 7.89. The molecule has 0 spiro atoms. The van der Waals surface area contributed by atoms with E-state index in [0.29, 0.717) is 11.4 Å².